The second-order valence-electron chi connectivity index (χ2n) is 2.91. The molecule has 0 amide bonds. The fourth-order valence-electron chi connectivity index (χ4n) is 1.14. The molecular weight excluding hydrogens is 186 g/mol. The SMILES string of the molecule is CCCn1cc(C(=O)O)c(O)cc1=O. The molecule has 5 heteroatoms. The molecule has 1 heterocycles. The predicted octanol–water partition coefficient (Wildman–Crippen LogP) is 0.662. The summed E-state index contributed by atoms with van der Waals surface area (Å²) >= 11 is 0. The number of hydrogen-bond donors (Lipinski definition) is 2. The molecule has 0 fully saturated rings. The van der Waals surface area contributed by atoms with Crippen LogP contribution in [0.15, 0.2) is 17.1 Å². The standard InChI is InChI=1S/C9H11NO4/c1-2-3-10-5-6(9(13)14)7(11)4-8(10)12/h4-5,11H,2-3H2,1H3,(H,13,14). The molecule has 1 aromatic rings. The maximum Gasteiger partial charge on any atom is 0.340 e. The lowest BCUT2D eigenvalue weighted by Gasteiger charge is -2.05. The van der Waals surface area contributed by atoms with Gasteiger partial charge in [-0.2, -0.15) is 0 Å². The number of aromatic hydroxyl groups is 1. The minimum Gasteiger partial charge on any atom is -0.507 e. The van der Waals surface area contributed by atoms with Crippen molar-refractivity contribution in [3.8, 4) is 5.75 Å². The third-order valence-electron chi connectivity index (χ3n) is 1.80. The monoisotopic (exact) mass is 197 g/mol. The molecule has 1 rings (SSSR count). The summed E-state index contributed by atoms with van der Waals surface area (Å²) in [6.07, 6.45) is 1.88. The Hall–Kier alpha value is -1.78. The van der Waals surface area contributed by atoms with Crippen molar-refractivity contribution < 1.29 is 15.0 Å². The number of pyridine rings is 1. The van der Waals surface area contributed by atoms with Crippen LogP contribution in [0.25, 0.3) is 0 Å². The average molecular weight is 197 g/mol. The summed E-state index contributed by atoms with van der Waals surface area (Å²) in [5.41, 5.74) is -0.646. The van der Waals surface area contributed by atoms with E-state index in [1.807, 2.05) is 6.92 Å². The summed E-state index contributed by atoms with van der Waals surface area (Å²) in [7, 11) is 0. The number of carboxylic acids is 1. The first-order chi connectivity index (χ1) is 6.56. The molecule has 0 aliphatic rings. The molecule has 0 saturated heterocycles. The maximum absolute atomic E-state index is 11.2. The highest BCUT2D eigenvalue weighted by atomic mass is 16.4. The molecule has 14 heavy (non-hydrogen) atoms. The van der Waals surface area contributed by atoms with Crippen LogP contribution in [0.1, 0.15) is 23.7 Å². The minimum atomic E-state index is -1.24. The van der Waals surface area contributed by atoms with Gasteiger partial charge in [-0.3, -0.25) is 4.79 Å². The molecule has 0 radical (unpaired) electrons. The van der Waals surface area contributed by atoms with E-state index in [1.165, 1.54) is 4.57 Å². The highest BCUT2D eigenvalue weighted by Crippen LogP contribution is 2.12. The lowest BCUT2D eigenvalue weighted by Crippen LogP contribution is -2.20. The van der Waals surface area contributed by atoms with Gasteiger partial charge in [0.05, 0.1) is 0 Å². The average Bonchev–Trinajstić information content (AvgIpc) is 2.09. The normalized spacial score (nSPS) is 10.1. The molecule has 0 saturated carbocycles. The van der Waals surface area contributed by atoms with E-state index in [-0.39, 0.29) is 5.56 Å². The van der Waals surface area contributed by atoms with E-state index in [0.29, 0.717) is 6.54 Å². The second-order valence-corrected chi connectivity index (χ2v) is 2.91. The molecule has 0 aliphatic carbocycles. The van der Waals surface area contributed by atoms with Gasteiger partial charge in [0.2, 0.25) is 0 Å². The van der Waals surface area contributed by atoms with Crippen molar-refractivity contribution >= 4 is 5.97 Å². The second kappa shape index (κ2) is 3.95. The van der Waals surface area contributed by atoms with Gasteiger partial charge in [-0.05, 0) is 6.42 Å². The van der Waals surface area contributed by atoms with E-state index in [1.54, 1.807) is 0 Å². The van der Waals surface area contributed by atoms with Crippen LogP contribution >= 0.6 is 0 Å². The van der Waals surface area contributed by atoms with Crippen molar-refractivity contribution in [1.82, 2.24) is 4.57 Å². The highest BCUT2D eigenvalue weighted by Gasteiger charge is 2.11. The van der Waals surface area contributed by atoms with Gasteiger partial charge in [-0.1, -0.05) is 6.92 Å². The van der Waals surface area contributed by atoms with E-state index >= 15 is 0 Å². The number of aromatic carboxylic acids is 1. The van der Waals surface area contributed by atoms with Gasteiger partial charge >= 0.3 is 5.97 Å². The number of hydrogen-bond acceptors (Lipinski definition) is 3. The minimum absolute atomic E-state index is 0.252. The van der Waals surface area contributed by atoms with Gasteiger partial charge in [0, 0.05) is 18.8 Å². The fourth-order valence-corrected chi connectivity index (χ4v) is 1.14. The van der Waals surface area contributed by atoms with Crippen molar-refractivity contribution in [3.05, 3.63) is 28.2 Å². The fraction of sp³-hybridized carbons (Fsp3) is 0.333. The van der Waals surface area contributed by atoms with Crippen molar-refractivity contribution in [3.63, 3.8) is 0 Å². The zero-order valence-electron chi connectivity index (χ0n) is 7.73. The molecule has 0 unspecified atom stereocenters. The first-order valence-electron chi connectivity index (χ1n) is 4.23. The molecule has 0 aliphatic heterocycles. The molecule has 1 aromatic heterocycles. The number of nitrogens with zero attached hydrogens (tertiary/aromatic N) is 1. The van der Waals surface area contributed by atoms with Gasteiger partial charge in [0.25, 0.3) is 5.56 Å². The lowest BCUT2D eigenvalue weighted by molar-refractivity contribution is 0.0692. The Kier molecular flexibility index (Phi) is 2.91. The third-order valence-corrected chi connectivity index (χ3v) is 1.80. The van der Waals surface area contributed by atoms with E-state index in [9.17, 15) is 9.59 Å². The van der Waals surface area contributed by atoms with Crippen LogP contribution < -0.4 is 5.56 Å². The van der Waals surface area contributed by atoms with Gasteiger partial charge in [0.15, 0.2) is 0 Å². The molecule has 0 bridgehead atoms. The van der Waals surface area contributed by atoms with Crippen molar-refractivity contribution in [2.24, 2.45) is 0 Å². The maximum atomic E-state index is 11.2. The van der Waals surface area contributed by atoms with E-state index in [2.05, 4.69) is 0 Å². The summed E-state index contributed by atoms with van der Waals surface area (Å²) in [5, 5.41) is 17.8. The Bertz CT molecular complexity index is 408. The Morgan fingerprint density at radius 3 is 2.71 bits per heavy atom. The Morgan fingerprint density at radius 2 is 2.21 bits per heavy atom. The summed E-state index contributed by atoms with van der Waals surface area (Å²) < 4.78 is 1.27. The third kappa shape index (κ3) is 1.93. The van der Waals surface area contributed by atoms with Crippen LogP contribution in [0, 0.1) is 0 Å². The van der Waals surface area contributed by atoms with E-state index in [0.717, 1.165) is 18.7 Å². The molecule has 76 valence electrons. The van der Waals surface area contributed by atoms with Crippen LogP contribution in [0.4, 0.5) is 0 Å². The molecular formula is C9H11NO4. The smallest absolute Gasteiger partial charge is 0.340 e. The topological polar surface area (TPSA) is 79.5 Å². The Labute approximate surface area is 80.2 Å². The first-order valence-corrected chi connectivity index (χ1v) is 4.23. The summed E-state index contributed by atoms with van der Waals surface area (Å²) in [4.78, 5) is 21.8. The Balaban J connectivity index is 3.27. The zero-order valence-corrected chi connectivity index (χ0v) is 7.73. The predicted molar refractivity (Wildman–Crippen MR) is 49.6 cm³/mol. The van der Waals surface area contributed by atoms with Crippen LogP contribution in [-0.2, 0) is 6.54 Å². The number of aryl methyl sites for hydroxylation is 1. The van der Waals surface area contributed by atoms with Crippen LogP contribution in [0.2, 0.25) is 0 Å². The molecule has 0 atom stereocenters. The van der Waals surface area contributed by atoms with Gasteiger partial charge in [-0.25, -0.2) is 4.79 Å². The van der Waals surface area contributed by atoms with Crippen LogP contribution in [-0.4, -0.2) is 20.7 Å². The summed E-state index contributed by atoms with van der Waals surface area (Å²) in [6.45, 7) is 2.32. The number of carbonyl (C=O) groups is 1. The molecule has 0 spiro atoms. The van der Waals surface area contributed by atoms with E-state index in [4.69, 9.17) is 10.2 Å². The number of carboxylic acid groups (broad SMARTS) is 1. The first kappa shape index (κ1) is 10.3. The summed E-state index contributed by atoms with van der Waals surface area (Å²) in [6, 6.07) is 0.916. The van der Waals surface area contributed by atoms with Crippen molar-refractivity contribution in [1.29, 1.82) is 0 Å². The number of aromatic nitrogens is 1. The summed E-state index contributed by atoms with van der Waals surface area (Å²) in [5.74, 6) is -1.73. The van der Waals surface area contributed by atoms with Gasteiger partial charge in [0.1, 0.15) is 11.3 Å². The molecule has 0 aromatic carbocycles. The van der Waals surface area contributed by atoms with Gasteiger partial charge < -0.3 is 14.8 Å². The quantitative estimate of drug-likeness (QED) is 0.746. The zero-order chi connectivity index (χ0) is 10.7. The van der Waals surface area contributed by atoms with Crippen LogP contribution in [0.3, 0.4) is 0 Å². The van der Waals surface area contributed by atoms with Crippen LogP contribution in [0.5, 0.6) is 5.75 Å². The van der Waals surface area contributed by atoms with Crippen molar-refractivity contribution in [2.75, 3.05) is 0 Å². The van der Waals surface area contributed by atoms with Gasteiger partial charge in [-0.15, -0.1) is 0 Å². The largest absolute Gasteiger partial charge is 0.507 e. The van der Waals surface area contributed by atoms with Crippen molar-refractivity contribution in [2.45, 2.75) is 19.9 Å². The molecule has 5 nitrogen and oxygen atoms in total. The van der Waals surface area contributed by atoms with E-state index < -0.39 is 17.3 Å². The molecule has 2 N–H and O–H groups in total. The lowest BCUT2D eigenvalue weighted by atomic mass is 10.2. The highest BCUT2D eigenvalue weighted by molar-refractivity contribution is 5.90. The number of rotatable bonds is 3. The Morgan fingerprint density at radius 1 is 1.57 bits per heavy atom.